The first-order chi connectivity index (χ1) is 15.3. The molecule has 0 saturated carbocycles. The van der Waals surface area contributed by atoms with Crippen molar-refractivity contribution in [2.75, 3.05) is 11.9 Å². The predicted molar refractivity (Wildman–Crippen MR) is 122 cm³/mol. The Morgan fingerprint density at radius 1 is 1.22 bits per heavy atom. The fourth-order valence-electron chi connectivity index (χ4n) is 2.64. The fourth-order valence-corrected chi connectivity index (χ4v) is 4.31. The van der Waals surface area contributed by atoms with Crippen LogP contribution in [0, 0.1) is 11.3 Å². The number of benzene rings is 2. The summed E-state index contributed by atoms with van der Waals surface area (Å²) in [5.74, 6) is 0.776. The molecule has 0 aliphatic carbocycles. The number of hydrogen-bond donors (Lipinski definition) is 3. The largest absolute Gasteiger partial charge is 0.494 e. The van der Waals surface area contributed by atoms with Crippen LogP contribution in [0.2, 0.25) is 0 Å². The Kier molecular flexibility index (Phi) is 7.09. The predicted octanol–water partition coefficient (Wildman–Crippen LogP) is 3.54. The van der Waals surface area contributed by atoms with Gasteiger partial charge in [0.2, 0.25) is 0 Å². The number of sulfonamides is 1. The number of amides is 2. The summed E-state index contributed by atoms with van der Waals surface area (Å²) in [5.41, 5.74) is 7.37. The number of carbonyl (C=O) groups is 1. The zero-order chi connectivity index (χ0) is 23.1. The fraction of sp³-hybridized carbons (Fsp3) is 0.0952. The van der Waals surface area contributed by atoms with Gasteiger partial charge in [-0.3, -0.25) is 0 Å². The van der Waals surface area contributed by atoms with Gasteiger partial charge in [-0.15, -0.1) is 11.3 Å². The van der Waals surface area contributed by atoms with Gasteiger partial charge in [-0.25, -0.2) is 22.9 Å². The monoisotopic (exact) mass is 469 g/mol. The van der Waals surface area contributed by atoms with Crippen molar-refractivity contribution in [3.05, 3.63) is 65.1 Å². The Balaban J connectivity index is 1.73. The summed E-state index contributed by atoms with van der Waals surface area (Å²) < 4.78 is 31.0. The van der Waals surface area contributed by atoms with E-state index in [1.54, 1.807) is 4.72 Å². The minimum Gasteiger partial charge on any atom is -0.494 e. The van der Waals surface area contributed by atoms with Crippen molar-refractivity contribution in [3.8, 4) is 23.1 Å². The Bertz CT molecular complexity index is 1270. The molecule has 11 heteroatoms. The molecular formula is C21H19N5O4S2. The van der Waals surface area contributed by atoms with E-state index in [1.807, 2.05) is 36.6 Å². The number of ether oxygens (including phenoxy) is 1. The van der Waals surface area contributed by atoms with Gasteiger partial charge in [0.25, 0.3) is 10.0 Å². The van der Waals surface area contributed by atoms with Crippen LogP contribution >= 0.6 is 11.3 Å². The van der Waals surface area contributed by atoms with Crippen molar-refractivity contribution in [2.45, 2.75) is 11.8 Å². The first-order valence-electron chi connectivity index (χ1n) is 9.30. The van der Waals surface area contributed by atoms with E-state index in [4.69, 9.17) is 10.5 Å². The molecule has 32 heavy (non-hydrogen) atoms. The molecule has 0 unspecified atom stereocenters. The molecule has 3 aromatic rings. The lowest BCUT2D eigenvalue weighted by atomic mass is 10.2. The number of carbonyl (C=O) groups excluding carboxylic acids is 1. The van der Waals surface area contributed by atoms with E-state index in [9.17, 15) is 18.5 Å². The molecule has 0 bridgehead atoms. The molecule has 0 aliphatic heterocycles. The Labute approximate surface area is 189 Å². The maximum absolute atomic E-state index is 11.9. The van der Waals surface area contributed by atoms with Crippen LogP contribution in [0.15, 0.2) is 65.0 Å². The van der Waals surface area contributed by atoms with Gasteiger partial charge < -0.3 is 15.8 Å². The molecule has 3 rings (SSSR count). The van der Waals surface area contributed by atoms with Crippen LogP contribution in [0.4, 0.5) is 10.5 Å². The van der Waals surface area contributed by atoms with E-state index in [1.165, 1.54) is 41.8 Å². The summed E-state index contributed by atoms with van der Waals surface area (Å²) >= 11 is 1.33. The SMILES string of the molecule is CCOc1ccc(-c2csc(/C(C#N)=C\Nc3ccc(S(=O)(=O)NC(N)=O)cc3)n2)cc1. The lowest BCUT2D eigenvalue weighted by molar-refractivity contribution is 0.253. The molecule has 164 valence electrons. The quantitative estimate of drug-likeness (QED) is 0.427. The number of aromatic nitrogens is 1. The van der Waals surface area contributed by atoms with Crippen molar-refractivity contribution in [1.82, 2.24) is 9.71 Å². The lowest BCUT2D eigenvalue weighted by Gasteiger charge is -2.06. The average Bonchev–Trinajstić information content (AvgIpc) is 3.24. The van der Waals surface area contributed by atoms with Gasteiger partial charge in [0.05, 0.1) is 17.2 Å². The third-order valence-electron chi connectivity index (χ3n) is 4.10. The van der Waals surface area contributed by atoms with E-state index < -0.39 is 16.1 Å². The topological polar surface area (TPSA) is 147 Å². The summed E-state index contributed by atoms with van der Waals surface area (Å²) in [6.45, 7) is 2.51. The van der Waals surface area contributed by atoms with Crippen molar-refractivity contribution in [3.63, 3.8) is 0 Å². The minimum absolute atomic E-state index is 0.119. The highest BCUT2D eigenvalue weighted by Gasteiger charge is 2.15. The van der Waals surface area contributed by atoms with E-state index in [2.05, 4.69) is 16.4 Å². The van der Waals surface area contributed by atoms with Crippen LogP contribution in [0.3, 0.4) is 0 Å². The zero-order valence-corrected chi connectivity index (χ0v) is 18.5. The summed E-state index contributed by atoms with van der Waals surface area (Å²) in [7, 11) is -4.02. The summed E-state index contributed by atoms with van der Waals surface area (Å²) in [6.07, 6.45) is 1.49. The van der Waals surface area contributed by atoms with Gasteiger partial charge in [0.1, 0.15) is 22.4 Å². The molecule has 9 nitrogen and oxygen atoms in total. The first kappa shape index (κ1) is 22.8. The van der Waals surface area contributed by atoms with Crippen molar-refractivity contribution >= 4 is 38.7 Å². The van der Waals surface area contributed by atoms with E-state index in [0.717, 1.165) is 17.0 Å². The van der Waals surface area contributed by atoms with Gasteiger partial charge in [0, 0.05) is 22.8 Å². The molecule has 0 saturated heterocycles. The second-order valence-corrected chi connectivity index (χ2v) is 8.84. The number of nitrogens with zero attached hydrogens (tertiary/aromatic N) is 2. The normalized spacial score (nSPS) is 11.4. The average molecular weight is 470 g/mol. The third kappa shape index (κ3) is 5.63. The van der Waals surface area contributed by atoms with E-state index >= 15 is 0 Å². The van der Waals surface area contributed by atoms with E-state index in [-0.39, 0.29) is 4.90 Å². The number of nitrogens with two attached hydrogens (primary N) is 1. The van der Waals surface area contributed by atoms with Crippen molar-refractivity contribution < 1.29 is 17.9 Å². The minimum atomic E-state index is -4.02. The number of urea groups is 1. The number of nitriles is 1. The maximum atomic E-state index is 11.9. The highest BCUT2D eigenvalue weighted by Crippen LogP contribution is 2.27. The van der Waals surface area contributed by atoms with Gasteiger partial charge in [-0.1, -0.05) is 0 Å². The number of hydrogen-bond acceptors (Lipinski definition) is 8. The van der Waals surface area contributed by atoms with Crippen LogP contribution in [0.5, 0.6) is 5.75 Å². The molecule has 0 atom stereocenters. The standard InChI is InChI=1S/C21H19N5O4S2/c1-2-30-17-7-3-14(4-8-17)19-13-31-20(25-19)15(11-22)12-24-16-5-9-18(10-6-16)32(28,29)26-21(23)27/h3-10,12-13,24H,2H2,1H3,(H3,23,26,27)/b15-12-. The Hall–Kier alpha value is -3.88. The molecule has 0 radical (unpaired) electrons. The van der Waals surface area contributed by atoms with Crippen molar-refractivity contribution in [2.24, 2.45) is 5.73 Å². The van der Waals surface area contributed by atoms with E-state index in [0.29, 0.717) is 22.9 Å². The number of rotatable bonds is 8. The summed E-state index contributed by atoms with van der Waals surface area (Å²) in [4.78, 5) is 15.2. The maximum Gasteiger partial charge on any atom is 0.326 e. The molecule has 1 aromatic heterocycles. The van der Waals surface area contributed by atoms with Gasteiger partial charge >= 0.3 is 6.03 Å². The van der Waals surface area contributed by atoms with Crippen LogP contribution in [-0.4, -0.2) is 26.0 Å². The third-order valence-corrected chi connectivity index (χ3v) is 6.34. The number of nitrogens with one attached hydrogen (secondary N) is 2. The molecule has 4 N–H and O–H groups in total. The Morgan fingerprint density at radius 2 is 1.91 bits per heavy atom. The smallest absolute Gasteiger partial charge is 0.326 e. The number of allylic oxidation sites excluding steroid dienone is 1. The van der Waals surface area contributed by atoms with Gasteiger partial charge in [-0.05, 0) is 55.5 Å². The van der Waals surface area contributed by atoms with Crippen LogP contribution in [0.25, 0.3) is 16.8 Å². The molecule has 0 spiro atoms. The number of anilines is 1. The van der Waals surface area contributed by atoms with Crippen molar-refractivity contribution in [1.29, 1.82) is 5.26 Å². The number of primary amides is 1. The molecule has 1 heterocycles. The molecule has 0 aliphatic rings. The van der Waals surface area contributed by atoms with Gasteiger partial charge in [0.15, 0.2) is 0 Å². The highest BCUT2D eigenvalue weighted by atomic mass is 32.2. The molecule has 2 amide bonds. The van der Waals surface area contributed by atoms with Crippen LogP contribution < -0.4 is 20.5 Å². The lowest BCUT2D eigenvalue weighted by Crippen LogP contribution is -2.34. The highest BCUT2D eigenvalue weighted by molar-refractivity contribution is 7.90. The Morgan fingerprint density at radius 3 is 2.50 bits per heavy atom. The first-order valence-corrected chi connectivity index (χ1v) is 11.7. The second kappa shape index (κ2) is 9.95. The van der Waals surface area contributed by atoms with Crippen LogP contribution in [0.1, 0.15) is 11.9 Å². The molecule has 0 fully saturated rings. The second-order valence-electron chi connectivity index (χ2n) is 6.30. The number of thiazole rings is 1. The van der Waals surface area contributed by atoms with Crippen LogP contribution in [-0.2, 0) is 10.0 Å². The summed E-state index contributed by atoms with van der Waals surface area (Å²) in [6, 6.07) is 14.1. The van der Waals surface area contributed by atoms with Gasteiger partial charge in [-0.2, -0.15) is 5.26 Å². The molecular weight excluding hydrogens is 450 g/mol. The molecule has 2 aromatic carbocycles. The zero-order valence-electron chi connectivity index (χ0n) is 16.9. The summed E-state index contributed by atoms with van der Waals surface area (Å²) in [5, 5.41) is 14.9.